The molecule has 122 valence electrons. The number of urea groups is 1. The van der Waals surface area contributed by atoms with Crippen molar-refractivity contribution in [2.24, 2.45) is 0 Å². The van der Waals surface area contributed by atoms with Crippen LogP contribution in [0.5, 0.6) is 0 Å². The Bertz CT molecular complexity index is 481. The largest absolute Gasteiger partial charge is 0.468 e. The van der Waals surface area contributed by atoms with Gasteiger partial charge >= 0.3 is 6.03 Å². The number of rotatable bonds is 5. The fourth-order valence-electron chi connectivity index (χ4n) is 2.67. The zero-order valence-electron chi connectivity index (χ0n) is 13.3. The summed E-state index contributed by atoms with van der Waals surface area (Å²) in [6.45, 7) is 2.29. The highest BCUT2D eigenvalue weighted by atomic mass is 16.3. The Hall–Kier alpha value is -1.82. The fraction of sp³-hybridized carbons (Fsp3) is 0.625. The van der Waals surface area contributed by atoms with E-state index in [2.05, 4.69) is 10.6 Å². The quantitative estimate of drug-likeness (QED) is 0.875. The van der Waals surface area contributed by atoms with E-state index in [0.29, 0.717) is 6.54 Å². The van der Waals surface area contributed by atoms with Crippen molar-refractivity contribution in [2.45, 2.75) is 57.7 Å². The van der Waals surface area contributed by atoms with Crippen LogP contribution in [0, 0.1) is 0 Å². The predicted octanol–water partition coefficient (Wildman–Crippen LogP) is 2.26. The lowest BCUT2D eigenvalue weighted by Gasteiger charge is -2.25. The molecule has 1 aromatic heterocycles. The van der Waals surface area contributed by atoms with Crippen molar-refractivity contribution in [1.82, 2.24) is 15.5 Å². The van der Waals surface area contributed by atoms with Crippen molar-refractivity contribution in [3.63, 3.8) is 0 Å². The number of imide groups is 1. The lowest BCUT2D eigenvalue weighted by Crippen LogP contribution is -2.50. The van der Waals surface area contributed by atoms with Gasteiger partial charge in [-0.3, -0.25) is 15.0 Å². The third kappa shape index (κ3) is 4.87. The predicted molar refractivity (Wildman–Crippen MR) is 83.2 cm³/mol. The summed E-state index contributed by atoms with van der Waals surface area (Å²) in [5.74, 6) is 0.483. The van der Waals surface area contributed by atoms with Gasteiger partial charge < -0.3 is 9.73 Å². The molecule has 0 radical (unpaired) electrons. The number of furan rings is 1. The highest BCUT2D eigenvalue weighted by molar-refractivity contribution is 5.96. The standard InChI is InChI=1S/C16H25N3O3/c1-12(19(2)11-14-9-6-10-22-14)15(20)18-16(21)17-13-7-4-3-5-8-13/h6,9-10,12-13H,3-5,7-8,11H2,1-2H3,(H2,17,18,20,21)/t12-/m1/s1. The molecule has 0 spiro atoms. The molecule has 3 amide bonds. The van der Waals surface area contributed by atoms with Gasteiger partial charge in [-0.1, -0.05) is 19.3 Å². The number of nitrogens with one attached hydrogen (secondary N) is 2. The van der Waals surface area contributed by atoms with Crippen LogP contribution in [-0.2, 0) is 11.3 Å². The fourth-order valence-corrected chi connectivity index (χ4v) is 2.67. The van der Waals surface area contributed by atoms with Crippen LogP contribution in [-0.4, -0.2) is 36.0 Å². The molecule has 1 heterocycles. The van der Waals surface area contributed by atoms with Gasteiger partial charge in [-0.05, 0) is 38.9 Å². The summed E-state index contributed by atoms with van der Waals surface area (Å²) in [4.78, 5) is 25.8. The minimum absolute atomic E-state index is 0.192. The molecule has 2 rings (SSSR count). The average Bonchev–Trinajstić information content (AvgIpc) is 3.00. The highest BCUT2D eigenvalue weighted by Crippen LogP contribution is 2.17. The van der Waals surface area contributed by atoms with E-state index < -0.39 is 12.1 Å². The molecule has 0 unspecified atom stereocenters. The van der Waals surface area contributed by atoms with E-state index >= 15 is 0 Å². The monoisotopic (exact) mass is 307 g/mol. The first-order valence-electron chi connectivity index (χ1n) is 7.90. The van der Waals surface area contributed by atoms with E-state index in [9.17, 15) is 9.59 Å². The maximum absolute atomic E-state index is 12.1. The Morgan fingerprint density at radius 2 is 2.09 bits per heavy atom. The first kappa shape index (κ1) is 16.5. The molecule has 1 aliphatic rings. The molecule has 1 atom stereocenters. The molecule has 2 N–H and O–H groups in total. The summed E-state index contributed by atoms with van der Waals surface area (Å²) in [6, 6.07) is 3.05. The first-order valence-corrected chi connectivity index (χ1v) is 7.90. The summed E-state index contributed by atoms with van der Waals surface area (Å²) in [5.41, 5.74) is 0. The van der Waals surface area contributed by atoms with Crippen molar-refractivity contribution >= 4 is 11.9 Å². The van der Waals surface area contributed by atoms with Gasteiger partial charge in [-0.2, -0.15) is 0 Å². The second-order valence-electron chi connectivity index (χ2n) is 5.97. The molecular weight excluding hydrogens is 282 g/mol. The minimum Gasteiger partial charge on any atom is -0.468 e. The van der Waals surface area contributed by atoms with Gasteiger partial charge in [-0.15, -0.1) is 0 Å². The summed E-state index contributed by atoms with van der Waals surface area (Å²) in [5, 5.41) is 5.31. The Kier molecular flexibility index (Phi) is 6.00. The topological polar surface area (TPSA) is 74.6 Å². The Balaban J connectivity index is 1.76. The van der Waals surface area contributed by atoms with Gasteiger partial charge in [0.15, 0.2) is 0 Å². The second-order valence-corrected chi connectivity index (χ2v) is 5.97. The number of hydrogen-bond donors (Lipinski definition) is 2. The second kappa shape index (κ2) is 7.98. The molecule has 1 aromatic rings. The lowest BCUT2D eigenvalue weighted by atomic mass is 9.96. The number of amides is 3. The maximum atomic E-state index is 12.1. The number of hydrogen-bond acceptors (Lipinski definition) is 4. The van der Waals surface area contributed by atoms with Gasteiger partial charge in [0.05, 0.1) is 18.8 Å². The molecule has 0 aromatic carbocycles. The van der Waals surface area contributed by atoms with Crippen molar-refractivity contribution in [2.75, 3.05) is 7.05 Å². The average molecular weight is 307 g/mol. The van der Waals surface area contributed by atoms with Gasteiger partial charge in [-0.25, -0.2) is 4.79 Å². The first-order chi connectivity index (χ1) is 10.6. The highest BCUT2D eigenvalue weighted by Gasteiger charge is 2.22. The van der Waals surface area contributed by atoms with Crippen LogP contribution in [0.3, 0.4) is 0 Å². The van der Waals surface area contributed by atoms with E-state index in [1.54, 1.807) is 13.2 Å². The minimum atomic E-state index is -0.415. The molecule has 22 heavy (non-hydrogen) atoms. The lowest BCUT2D eigenvalue weighted by molar-refractivity contribution is -0.124. The summed E-state index contributed by atoms with van der Waals surface area (Å²) in [7, 11) is 1.83. The Labute approximate surface area is 131 Å². The van der Waals surface area contributed by atoms with Crippen LogP contribution in [0.4, 0.5) is 4.79 Å². The van der Waals surface area contributed by atoms with Crippen molar-refractivity contribution in [1.29, 1.82) is 0 Å². The van der Waals surface area contributed by atoms with Crippen LogP contribution < -0.4 is 10.6 Å². The summed E-state index contributed by atoms with van der Waals surface area (Å²) < 4.78 is 5.26. The van der Waals surface area contributed by atoms with Gasteiger partial charge in [0, 0.05) is 6.04 Å². The Morgan fingerprint density at radius 1 is 1.36 bits per heavy atom. The molecular formula is C16H25N3O3. The van der Waals surface area contributed by atoms with Gasteiger partial charge in [0.2, 0.25) is 5.91 Å². The zero-order chi connectivity index (χ0) is 15.9. The maximum Gasteiger partial charge on any atom is 0.321 e. The smallest absolute Gasteiger partial charge is 0.321 e. The van der Waals surface area contributed by atoms with Crippen LogP contribution in [0.1, 0.15) is 44.8 Å². The molecule has 1 fully saturated rings. The van der Waals surface area contributed by atoms with Gasteiger partial charge in [0.25, 0.3) is 0 Å². The SMILES string of the molecule is C[C@H](C(=O)NC(=O)NC1CCCCC1)N(C)Cc1ccco1. The summed E-state index contributed by atoms with van der Waals surface area (Å²) >= 11 is 0. The van der Waals surface area contributed by atoms with Gasteiger partial charge in [0.1, 0.15) is 5.76 Å². The molecule has 6 heteroatoms. The van der Waals surface area contributed by atoms with Crippen molar-refractivity contribution in [3.8, 4) is 0 Å². The number of nitrogens with zero attached hydrogens (tertiary/aromatic N) is 1. The van der Waals surface area contributed by atoms with Crippen LogP contribution in [0.25, 0.3) is 0 Å². The number of likely N-dealkylation sites (N-methyl/N-ethyl adjacent to an activating group) is 1. The van der Waals surface area contributed by atoms with Crippen molar-refractivity contribution < 1.29 is 14.0 Å². The van der Waals surface area contributed by atoms with E-state index in [-0.39, 0.29) is 11.9 Å². The van der Waals surface area contributed by atoms with Crippen LogP contribution in [0.15, 0.2) is 22.8 Å². The normalized spacial score (nSPS) is 17.2. The molecule has 1 saturated carbocycles. The third-order valence-electron chi connectivity index (χ3n) is 4.20. The zero-order valence-corrected chi connectivity index (χ0v) is 13.3. The number of carbonyl (C=O) groups is 2. The molecule has 6 nitrogen and oxygen atoms in total. The van der Waals surface area contributed by atoms with E-state index in [0.717, 1.165) is 31.4 Å². The molecule has 0 bridgehead atoms. The van der Waals surface area contributed by atoms with Crippen molar-refractivity contribution in [3.05, 3.63) is 24.2 Å². The number of carbonyl (C=O) groups excluding carboxylic acids is 2. The molecule has 0 aliphatic heterocycles. The molecule has 0 saturated heterocycles. The van der Waals surface area contributed by atoms with Crippen LogP contribution in [0.2, 0.25) is 0 Å². The third-order valence-corrected chi connectivity index (χ3v) is 4.20. The van der Waals surface area contributed by atoms with Crippen LogP contribution >= 0.6 is 0 Å². The Morgan fingerprint density at radius 3 is 2.73 bits per heavy atom. The molecule has 1 aliphatic carbocycles. The van der Waals surface area contributed by atoms with E-state index in [4.69, 9.17) is 4.42 Å². The van der Waals surface area contributed by atoms with E-state index in [1.165, 1.54) is 6.42 Å². The summed E-state index contributed by atoms with van der Waals surface area (Å²) in [6.07, 6.45) is 7.10. The van der Waals surface area contributed by atoms with E-state index in [1.807, 2.05) is 24.1 Å².